The van der Waals surface area contributed by atoms with Crippen LogP contribution in [0, 0.1) is 25.2 Å². The zero-order valence-electron chi connectivity index (χ0n) is 14.7. The van der Waals surface area contributed by atoms with Crippen molar-refractivity contribution in [3.8, 4) is 6.07 Å². The van der Waals surface area contributed by atoms with Crippen molar-refractivity contribution in [1.29, 1.82) is 5.26 Å². The largest absolute Gasteiger partial charge is 0.460 e. The van der Waals surface area contributed by atoms with Crippen LogP contribution in [0.4, 0.5) is 0 Å². The van der Waals surface area contributed by atoms with Gasteiger partial charge >= 0.3 is 5.97 Å². The molecular weight excluding hydrogens is 344 g/mol. The maximum Gasteiger partial charge on any atom is 0.316 e. The summed E-state index contributed by atoms with van der Waals surface area (Å²) in [6, 6.07) is 17.6. The van der Waals surface area contributed by atoms with E-state index < -0.39 is 0 Å². The number of esters is 1. The number of hydrogen-bond donors (Lipinski definition) is 0. The second-order valence-electron chi connectivity index (χ2n) is 6.04. The summed E-state index contributed by atoms with van der Waals surface area (Å²) >= 11 is 1.23. The third kappa shape index (κ3) is 4.22. The number of fused-ring (bicyclic) bond motifs is 1. The highest BCUT2D eigenvalue weighted by molar-refractivity contribution is 7.99. The average molecular weight is 362 g/mol. The van der Waals surface area contributed by atoms with E-state index in [0.29, 0.717) is 10.6 Å². The number of aryl methyl sites for hydroxylation is 2. The Morgan fingerprint density at radius 2 is 1.96 bits per heavy atom. The molecule has 2 aromatic carbocycles. The number of aromatic nitrogens is 1. The van der Waals surface area contributed by atoms with E-state index in [4.69, 9.17) is 4.74 Å². The monoisotopic (exact) mass is 362 g/mol. The van der Waals surface area contributed by atoms with Crippen LogP contribution in [-0.2, 0) is 16.1 Å². The summed E-state index contributed by atoms with van der Waals surface area (Å²) in [5, 5.41) is 10.9. The molecule has 5 heteroatoms. The second kappa shape index (κ2) is 8.03. The Labute approximate surface area is 156 Å². The molecule has 0 aliphatic heterocycles. The third-order valence-corrected chi connectivity index (χ3v) is 4.90. The van der Waals surface area contributed by atoms with E-state index in [2.05, 4.69) is 17.1 Å². The molecule has 0 atom stereocenters. The SMILES string of the molecule is Cc1cc(C)c2cc(C#N)c(SCC(=O)OCc3ccccc3)nc2c1. The lowest BCUT2D eigenvalue weighted by Gasteiger charge is -2.09. The maximum atomic E-state index is 12.0. The fourth-order valence-electron chi connectivity index (χ4n) is 2.71. The Morgan fingerprint density at radius 1 is 1.19 bits per heavy atom. The molecule has 1 aromatic heterocycles. The van der Waals surface area contributed by atoms with Crippen LogP contribution in [-0.4, -0.2) is 16.7 Å². The van der Waals surface area contributed by atoms with Crippen LogP contribution >= 0.6 is 11.8 Å². The highest BCUT2D eigenvalue weighted by Crippen LogP contribution is 2.27. The van der Waals surface area contributed by atoms with Gasteiger partial charge in [0, 0.05) is 5.39 Å². The Bertz CT molecular complexity index is 994. The lowest BCUT2D eigenvalue weighted by molar-refractivity contribution is -0.141. The predicted octanol–water partition coefficient (Wildman–Crippen LogP) is 4.56. The molecule has 0 aliphatic rings. The van der Waals surface area contributed by atoms with Gasteiger partial charge in [0.05, 0.1) is 16.8 Å². The van der Waals surface area contributed by atoms with Crippen LogP contribution in [0.1, 0.15) is 22.3 Å². The highest BCUT2D eigenvalue weighted by Gasteiger charge is 2.12. The van der Waals surface area contributed by atoms with Gasteiger partial charge in [-0.1, -0.05) is 48.2 Å². The normalized spacial score (nSPS) is 10.5. The van der Waals surface area contributed by atoms with E-state index in [0.717, 1.165) is 27.6 Å². The molecule has 0 radical (unpaired) electrons. The maximum absolute atomic E-state index is 12.0. The number of hydrogen-bond acceptors (Lipinski definition) is 5. The summed E-state index contributed by atoms with van der Waals surface area (Å²) < 4.78 is 5.28. The molecule has 0 saturated heterocycles. The molecular formula is C21H18N2O2S. The first-order valence-electron chi connectivity index (χ1n) is 8.21. The molecule has 130 valence electrons. The topological polar surface area (TPSA) is 63.0 Å². The van der Waals surface area contributed by atoms with Crippen LogP contribution in [0.15, 0.2) is 53.6 Å². The fourth-order valence-corrected chi connectivity index (χ4v) is 3.47. The molecule has 0 N–H and O–H groups in total. The van der Waals surface area contributed by atoms with Crippen molar-refractivity contribution in [1.82, 2.24) is 4.98 Å². The molecule has 0 bridgehead atoms. The smallest absolute Gasteiger partial charge is 0.316 e. The van der Waals surface area contributed by atoms with Gasteiger partial charge in [-0.2, -0.15) is 5.26 Å². The molecule has 0 spiro atoms. The number of rotatable bonds is 5. The summed E-state index contributed by atoms with van der Waals surface area (Å²) in [5.74, 6) is -0.213. The molecule has 4 nitrogen and oxygen atoms in total. The van der Waals surface area contributed by atoms with Gasteiger partial charge in [-0.15, -0.1) is 0 Å². The minimum Gasteiger partial charge on any atom is -0.460 e. The Morgan fingerprint density at radius 3 is 2.69 bits per heavy atom. The molecule has 0 amide bonds. The van der Waals surface area contributed by atoms with Gasteiger partial charge in [0.2, 0.25) is 0 Å². The van der Waals surface area contributed by atoms with E-state index in [1.165, 1.54) is 11.8 Å². The first-order chi connectivity index (χ1) is 12.6. The number of benzene rings is 2. The first-order valence-corrected chi connectivity index (χ1v) is 9.20. The number of pyridine rings is 1. The average Bonchev–Trinajstić information content (AvgIpc) is 2.64. The van der Waals surface area contributed by atoms with Gasteiger partial charge in [-0.3, -0.25) is 4.79 Å². The minimum absolute atomic E-state index is 0.116. The van der Waals surface area contributed by atoms with E-state index in [1.807, 2.05) is 56.3 Å². The number of nitrogens with zero attached hydrogens (tertiary/aromatic N) is 2. The van der Waals surface area contributed by atoms with Crippen LogP contribution in [0.3, 0.4) is 0 Å². The van der Waals surface area contributed by atoms with Crippen molar-refractivity contribution in [3.63, 3.8) is 0 Å². The fraction of sp³-hybridized carbons (Fsp3) is 0.190. The summed E-state index contributed by atoms with van der Waals surface area (Å²) in [6.07, 6.45) is 0. The third-order valence-electron chi connectivity index (χ3n) is 3.94. The number of carbonyl (C=O) groups excluding carboxylic acids is 1. The number of ether oxygens (including phenoxy) is 1. The summed E-state index contributed by atoms with van der Waals surface area (Å²) in [4.78, 5) is 16.6. The van der Waals surface area contributed by atoms with E-state index in [9.17, 15) is 10.1 Å². The Balaban J connectivity index is 1.72. The van der Waals surface area contributed by atoms with Gasteiger partial charge in [0.1, 0.15) is 17.7 Å². The van der Waals surface area contributed by atoms with Crippen LogP contribution in [0.25, 0.3) is 10.9 Å². The zero-order valence-corrected chi connectivity index (χ0v) is 15.5. The number of carbonyl (C=O) groups is 1. The Hall–Kier alpha value is -2.84. The quantitative estimate of drug-likeness (QED) is 0.492. The molecule has 3 rings (SSSR count). The van der Waals surface area contributed by atoms with Crippen LogP contribution < -0.4 is 0 Å². The first kappa shape index (κ1) is 18.0. The molecule has 3 aromatic rings. The van der Waals surface area contributed by atoms with Crippen molar-refractivity contribution < 1.29 is 9.53 Å². The standard InChI is InChI=1S/C21H18N2O2S/c1-14-8-15(2)18-10-17(11-22)21(23-19(18)9-14)26-13-20(24)25-12-16-6-4-3-5-7-16/h3-10H,12-13H2,1-2H3. The highest BCUT2D eigenvalue weighted by atomic mass is 32.2. The molecule has 0 fully saturated rings. The molecule has 1 heterocycles. The Kier molecular flexibility index (Phi) is 5.55. The lowest BCUT2D eigenvalue weighted by atomic mass is 10.1. The summed E-state index contributed by atoms with van der Waals surface area (Å²) in [5.41, 5.74) is 4.46. The van der Waals surface area contributed by atoms with Crippen molar-refractivity contribution in [2.24, 2.45) is 0 Å². The van der Waals surface area contributed by atoms with E-state index in [-0.39, 0.29) is 18.3 Å². The zero-order chi connectivity index (χ0) is 18.5. The summed E-state index contributed by atoms with van der Waals surface area (Å²) in [7, 11) is 0. The summed E-state index contributed by atoms with van der Waals surface area (Å²) in [6.45, 7) is 4.26. The van der Waals surface area contributed by atoms with Gasteiger partial charge in [0.15, 0.2) is 0 Å². The van der Waals surface area contributed by atoms with Gasteiger partial charge in [-0.05, 0) is 42.7 Å². The van der Waals surface area contributed by atoms with Crippen molar-refractivity contribution in [2.45, 2.75) is 25.5 Å². The molecule has 26 heavy (non-hydrogen) atoms. The van der Waals surface area contributed by atoms with E-state index in [1.54, 1.807) is 0 Å². The van der Waals surface area contributed by atoms with Crippen LogP contribution in [0.5, 0.6) is 0 Å². The number of nitriles is 1. The number of thioether (sulfide) groups is 1. The minimum atomic E-state index is -0.329. The van der Waals surface area contributed by atoms with Gasteiger partial charge in [-0.25, -0.2) is 4.98 Å². The molecule has 0 saturated carbocycles. The predicted molar refractivity (Wildman–Crippen MR) is 103 cm³/mol. The second-order valence-corrected chi connectivity index (χ2v) is 7.00. The van der Waals surface area contributed by atoms with Gasteiger partial charge in [0.25, 0.3) is 0 Å². The van der Waals surface area contributed by atoms with Gasteiger partial charge < -0.3 is 4.74 Å². The lowest BCUT2D eigenvalue weighted by Crippen LogP contribution is -2.07. The molecule has 0 unspecified atom stereocenters. The van der Waals surface area contributed by atoms with E-state index >= 15 is 0 Å². The van der Waals surface area contributed by atoms with Crippen LogP contribution in [0.2, 0.25) is 0 Å². The molecule has 0 aliphatic carbocycles. The van der Waals surface area contributed by atoms with Crippen molar-refractivity contribution in [2.75, 3.05) is 5.75 Å². The van der Waals surface area contributed by atoms with Crippen molar-refractivity contribution in [3.05, 3.63) is 70.8 Å². The van der Waals surface area contributed by atoms with Crippen molar-refractivity contribution >= 4 is 28.6 Å².